The van der Waals surface area contributed by atoms with Crippen LogP contribution in [0.15, 0.2) is 42.5 Å². The maximum Gasteiger partial charge on any atom is 0.228 e. The largest absolute Gasteiger partial charge is 0.497 e. The average Bonchev–Trinajstić information content (AvgIpc) is 2.87. The van der Waals surface area contributed by atoms with Crippen molar-refractivity contribution in [1.82, 2.24) is 4.98 Å². The number of hydrogen-bond donors (Lipinski definition) is 2. The number of fused-ring (bicyclic) bond motifs is 1. The minimum absolute atomic E-state index is 0.0522. The van der Waals surface area contributed by atoms with E-state index in [0.29, 0.717) is 6.42 Å². The number of anilines is 1. The lowest BCUT2D eigenvalue weighted by atomic mass is 10.1. The van der Waals surface area contributed by atoms with Crippen molar-refractivity contribution in [3.63, 3.8) is 0 Å². The number of nitrogens with one attached hydrogen (secondary N) is 2. The van der Waals surface area contributed by atoms with Crippen LogP contribution in [-0.2, 0) is 11.2 Å². The van der Waals surface area contributed by atoms with E-state index in [0.717, 1.165) is 31.2 Å². The zero-order chi connectivity index (χ0) is 15.5. The second-order valence-electron chi connectivity index (χ2n) is 4.80. The highest BCUT2D eigenvalue weighted by molar-refractivity contribution is 7.73. The van der Waals surface area contributed by atoms with Gasteiger partial charge in [-0.05, 0) is 48.1 Å². The molecule has 22 heavy (non-hydrogen) atoms. The maximum atomic E-state index is 12.1. The molecule has 2 N–H and O–H groups in total. The topological polar surface area (TPSA) is 54.1 Å². The highest BCUT2D eigenvalue weighted by atomic mass is 32.1. The van der Waals surface area contributed by atoms with Crippen molar-refractivity contribution >= 4 is 45.4 Å². The number of carbonyl (C=O) groups excluding carboxylic acids is 1. The van der Waals surface area contributed by atoms with Crippen LogP contribution >= 0.6 is 23.6 Å². The van der Waals surface area contributed by atoms with Crippen molar-refractivity contribution in [2.24, 2.45) is 0 Å². The molecule has 3 aromatic rings. The first-order valence-corrected chi connectivity index (χ1v) is 7.92. The lowest BCUT2D eigenvalue weighted by Gasteiger charge is -2.06. The highest BCUT2D eigenvalue weighted by Crippen LogP contribution is 2.23. The Labute approximate surface area is 136 Å². The maximum absolute atomic E-state index is 12.1. The number of amides is 1. The summed E-state index contributed by atoms with van der Waals surface area (Å²) in [5, 5.41) is 2.91. The summed E-state index contributed by atoms with van der Waals surface area (Å²) in [5.41, 5.74) is 2.70. The number of carbonyl (C=O) groups is 1. The fourth-order valence-corrected chi connectivity index (χ4v) is 3.31. The van der Waals surface area contributed by atoms with Gasteiger partial charge in [0.15, 0.2) is 3.95 Å². The summed E-state index contributed by atoms with van der Waals surface area (Å²) in [5.74, 6) is 0.729. The van der Waals surface area contributed by atoms with Crippen molar-refractivity contribution in [3.05, 3.63) is 52.0 Å². The Morgan fingerprint density at radius 1 is 1.27 bits per heavy atom. The monoisotopic (exact) mass is 330 g/mol. The molecule has 0 unspecified atom stereocenters. The lowest BCUT2D eigenvalue weighted by molar-refractivity contribution is -0.115. The molecule has 6 heteroatoms. The van der Waals surface area contributed by atoms with Gasteiger partial charge in [0.1, 0.15) is 5.75 Å². The van der Waals surface area contributed by atoms with Gasteiger partial charge >= 0.3 is 0 Å². The number of aromatic amines is 1. The molecule has 0 spiro atoms. The fourth-order valence-electron chi connectivity index (χ4n) is 2.16. The Kier molecular flexibility index (Phi) is 4.22. The molecule has 3 rings (SSSR count). The van der Waals surface area contributed by atoms with Crippen molar-refractivity contribution < 1.29 is 9.53 Å². The molecule has 0 aliphatic rings. The summed E-state index contributed by atoms with van der Waals surface area (Å²) >= 11 is 6.61. The molecule has 0 bridgehead atoms. The Morgan fingerprint density at radius 3 is 2.77 bits per heavy atom. The van der Waals surface area contributed by atoms with Gasteiger partial charge in [0.05, 0.1) is 23.7 Å². The molecule has 0 atom stereocenters. The van der Waals surface area contributed by atoms with E-state index in [-0.39, 0.29) is 5.91 Å². The number of H-pyrrole nitrogens is 1. The van der Waals surface area contributed by atoms with Crippen molar-refractivity contribution in [1.29, 1.82) is 0 Å². The second-order valence-corrected chi connectivity index (χ2v) is 6.52. The minimum atomic E-state index is -0.0522. The number of aromatic nitrogens is 1. The summed E-state index contributed by atoms with van der Waals surface area (Å²) in [7, 11) is 1.62. The molecular weight excluding hydrogens is 316 g/mol. The summed E-state index contributed by atoms with van der Waals surface area (Å²) in [6.45, 7) is 0. The Balaban J connectivity index is 1.70. The van der Waals surface area contributed by atoms with Crippen LogP contribution in [0.4, 0.5) is 5.69 Å². The zero-order valence-electron chi connectivity index (χ0n) is 11.9. The van der Waals surface area contributed by atoms with Gasteiger partial charge in [-0.1, -0.05) is 12.1 Å². The molecular formula is C16H14N2O2S2. The quantitative estimate of drug-likeness (QED) is 0.707. The third-order valence-electron chi connectivity index (χ3n) is 3.23. The first-order valence-electron chi connectivity index (χ1n) is 6.70. The van der Waals surface area contributed by atoms with Crippen LogP contribution < -0.4 is 10.1 Å². The van der Waals surface area contributed by atoms with E-state index in [1.165, 1.54) is 11.3 Å². The van der Waals surface area contributed by atoms with Crippen LogP contribution in [0, 0.1) is 3.95 Å². The molecule has 0 aliphatic carbocycles. The van der Waals surface area contributed by atoms with Gasteiger partial charge in [-0.25, -0.2) is 0 Å². The number of ether oxygens (including phenoxy) is 1. The summed E-state index contributed by atoms with van der Waals surface area (Å²) < 4.78 is 6.87. The standard InChI is InChI=1S/C16H14N2O2S2/c1-20-12-5-2-10(3-6-12)8-15(19)17-11-4-7-13-14(9-11)22-16(21)18-13/h2-7,9H,8H2,1H3,(H,17,19)(H,18,21). The molecule has 1 aromatic heterocycles. The average molecular weight is 330 g/mol. The fraction of sp³-hybridized carbons (Fsp3) is 0.125. The number of thiazole rings is 1. The summed E-state index contributed by atoms with van der Waals surface area (Å²) in [6.07, 6.45) is 0.324. The van der Waals surface area contributed by atoms with E-state index < -0.39 is 0 Å². The van der Waals surface area contributed by atoms with E-state index in [1.807, 2.05) is 42.5 Å². The second kappa shape index (κ2) is 6.29. The smallest absolute Gasteiger partial charge is 0.228 e. The number of rotatable bonds is 4. The van der Waals surface area contributed by atoms with Gasteiger partial charge in [0.2, 0.25) is 5.91 Å². The number of hydrogen-bond acceptors (Lipinski definition) is 4. The number of methoxy groups -OCH3 is 1. The van der Waals surface area contributed by atoms with Crippen LogP contribution in [-0.4, -0.2) is 18.0 Å². The van der Waals surface area contributed by atoms with Crippen LogP contribution in [0.2, 0.25) is 0 Å². The molecule has 112 valence electrons. The number of benzene rings is 2. The first-order chi connectivity index (χ1) is 10.6. The molecule has 1 heterocycles. The minimum Gasteiger partial charge on any atom is -0.497 e. The molecule has 2 aromatic carbocycles. The Hall–Kier alpha value is -2.18. The van der Waals surface area contributed by atoms with Crippen LogP contribution in [0.1, 0.15) is 5.56 Å². The Morgan fingerprint density at radius 2 is 2.05 bits per heavy atom. The SMILES string of the molecule is COc1ccc(CC(=O)Nc2ccc3[nH]c(=S)sc3c2)cc1. The molecule has 0 aliphatic heterocycles. The molecule has 1 amide bonds. The van der Waals surface area contributed by atoms with E-state index >= 15 is 0 Å². The third-order valence-corrected chi connectivity index (χ3v) is 4.43. The Bertz CT molecular complexity index is 866. The van der Waals surface area contributed by atoms with Crippen LogP contribution in [0.3, 0.4) is 0 Å². The van der Waals surface area contributed by atoms with E-state index in [9.17, 15) is 4.79 Å². The van der Waals surface area contributed by atoms with Gasteiger partial charge in [0, 0.05) is 5.69 Å². The molecule has 0 fully saturated rings. The van der Waals surface area contributed by atoms with Gasteiger partial charge < -0.3 is 15.0 Å². The van der Waals surface area contributed by atoms with Crippen molar-refractivity contribution in [3.8, 4) is 5.75 Å². The van der Waals surface area contributed by atoms with Crippen LogP contribution in [0.25, 0.3) is 10.2 Å². The van der Waals surface area contributed by atoms with Crippen molar-refractivity contribution in [2.75, 3.05) is 12.4 Å². The van der Waals surface area contributed by atoms with Crippen LogP contribution in [0.5, 0.6) is 5.75 Å². The predicted octanol–water partition coefficient (Wildman–Crippen LogP) is 4.15. The van der Waals surface area contributed by atoms with Crippen molar-refractivity contribution in [2.45, 2.75) is 6.42 Å². The lowest BCUT2D eigenvalue weighted by Crippen LogP contribution is -2.14. The molecule has 0 saturated carbocycles. The van der Waals surface area contributed by atoms with Gasteiger partial charge in [-0.3, -0.25) is 4.79 Å². The van der Waals surface area contributed by atoms with E-state index in [1.54, 1.807) is 7.11 Å². The normalized spacial score (nSPS) is 10.6. The summed E-state index contributed by atoms with van der Waals surface area (Å²) in [4.78, 5) is 15.2. The van der Waals surface area contributed by atoms with E-state index in [4.69, 9.17) is 17.0 Å². The molecule has 0 radical (unpaired) electrons. The molecule has 0 saturated heterocycles. The van der Waals surface area contributed by atoms with Gasteiger partial charge in [-0.2, -0.15) is 0 Å². The third kappa shape index (κ3) is 3.35. The highest BCUT2D eigenvalue weighted by Gasteiger charge is 2.06. The first kappa shape index (κ1) is 14.7. The van der Waals surface area contributed by atoms with Gasteiger partial charge in [-0.15, -0.1) is 11.3 Å². The molecule has 4 nitrogen and oxygen atoms in total. The zero-order valence-corrected chi connectivity index (χ0v) is 13.5. The summed E-state index contributed by atoms with van der Waals surface area (Å²) in [6, 6.07) is 13.2. The van der Waals surface area contributed by atoms with Gasteiger partial charge in [0.25, 0.3) is 0 Å². The predicted molar refractivity (Wildman–Crippen MR) is 92.3 cm³/mol. The van der Waals surface area contributed by atoms with E-state index in [2.05, 4.69) is 10.3 Å².